The lowest BCUT2D eigenvalue weighted by Gasteiger charge is -2.38. The molecule has 7 nitrogen and oxygen atoms in total. The maximum Gasteiger partial charge on any atom is 0.407 e. The Hall–Kier alpha value is -3.27. The Morgan fingerprint density at radius 2 is 1.93 bits per heavy atom. The summed E-state index contributed by atoms with van der Waals surface area (Å²) in [6.07, 6.45) is 5.74. The van der Waals surface area contributed by atoms with Crippen LogP contribution in [-0.4, -0.2) is 47.3 Å². The van der Waals surface area contributed by atoms with Gasteiger partial charge in [0.15, 0.2) is 0 Å². The van der Waals surface area contributed by atoms with Crippen LogP contribution in [0.25, 0.3) is 0 Å². The first-order valence-corrected chi connectivity index (χ1v) is 10.4. The third-order valence-corrected chi connectivity index (χ3v) is 6.30. The molecular formula is C23H26N4O3. The Bertz CT molecular complexity index is 933. The number of carbonyl (C=O) groups is 1. The smallest absolute Gasteiger partial charge is 0.407 e. The molecule has 0 radical (unpaired) electrons. The van der Waals surface area contributed by atoms with E-state index in [-0.39, 0.29) is 5.41 Å². The first-order chi connectivity index (χ1) is 14.6. The van der Waals surface area contributed by atoms with Gasteiger partial charge in [0.2, 0.25) is 0 Å². The van der Waals surface area contributed by atoms with Crippen LogP contribution in [0.4, 0.5) is 10.5 Å². The van der Waals surface area contributed by atoms with Gasteiger partial charge in [0.25, 0.3) is 0 Å². The minimum absolute atomic E-state index is 0.363. The lowest BCUT2D eigenvalue weighted by Crippen LogP contribution is -2.40. The molecule has 2 aliphatic rings. The quantitative estimate of drug-likeness (QED) is 0.814. The van der Waals surface area contributed by atoms with Gasteiger partial charge in [-0.15, -0.1) is 0 Å². The van der Waals surface area contributed by atoms with E-state index in [0.29, 0.717) is 26.1 Å². The highest BCUT2D eigenvalue weighted by Crippen LogP contribution is 2.36. The Kier molecular flexibility index (Phi) is 5.75. The summed E-state index contributed by atoms with van der Waals surface area (Å²) in [7, 11) is 0. The van der Waals surface area contributed by atoms with E-state index in [1.54, 1.807) is 12.4 Å². The maximum absolute atomic E-state index is 11.2. The summed E-state index contributed by atoms with van der Waals surface area (Å²) in [5.74, 6) is 0.739. The largest absolute Gasteiger partial charge is 0.494 e. The van der Waals surface area contributed by atoms with Crippen molar-refractivity contribution in [2.24, 2.45) is 5.41 Å². The number of ether oxygens (including phenoxy) is 1. The number of fused-ring (bicyclic) bond motifs is 1. The molecule has 0 aliphatic carbocycles. The van der Waals surface area contributed by atoms with Crippen LogP contribution < -0.4 is 9.64 Å². The predicted molar refractivity (Wildman–Crippen MR) is 112 cm³/mol. The molecule has 4 rings (SSSR count). The number of carboxylic acid groups (broad SMARTS) is 1. The maximum atomic E-state index is 11.2. The molecule has 1 fully saturated rings. The molecule has 7 heteroatoms. The van der Waals surface area contributed by atoms with Crippen LogP contribution in [0, 0.1) is 16.7 Å². The number of piperidine rings is 1. The number of nitriles is 1. The normalized spacial score (nSPS) is 17.7. The summed E-state index contributed by atoms with van der Waals surface area (Å²) in [4.78, 5) is 19.0. The molecule has 1 saturated heterocycles. The lowest BCUT2D eigenvalue weighted by atomic mass is 9.77. The summed E-state index contributed by atoms with van der Waals surface area (Å²) in [5, 5.41) is 19.1. The molecule has 2 aliphatic heterocycles. The second-order valence-corrected chi connectivity index (χ2v) is 8.07. The molecule has 1 aromatic carbocycles. The lowest BCUT2D eigenvalue weighted by molar-refractivity contribution is 0.139. The molecule has 1 N–H and O–H groups in total. The van der Waals surface area contributed by atoms with E-state index in [1.165, 1.54) is 10.5 Å². The number of anilines is 1. The number of rotatable bonds is 5. The Balaban J connectivity index is 1.32. The van der Waals surface area contributed by atoms with E-state index >= 15 is 0 Å². The first-order valence-electron chi connectivity index (χ1n) is 10.4. The van der Waals surface area contributed by atoms with Crippen LogP contribution in [-0.2, 0) is 13.0 Å². The second kappa shape index (κ2) is 8.62. The summed E-state index contributed by atoms with van der Waals surface area (Å²) >= 11 is 0. The molecule has 0 saturated carbocycles. The van der Waals surface area contributed by atoms with E-state index < -0.39 is 6.09 Å². The van der Waals surface area contributed by atoms with Crippen molar-refractivity contribution in [3.63, 3.8) is 0 Å². The number of pyridine rings is 1. The van der Waals surface area contributed by atoms with Crippen molar-refractivity contribution < 1.29 is 14.6 Å². The van der Waals surface area contributed by atoms with Crippen molar-refractivity contribution in [1.82, 2.24) is 9.88 Å². The molecule has 0 atom stereocenters. The Labute approximate surface area is 176 Å². The van der Waals surface area contributed by atoms with Gasteiger partial charge in [0.05, 0.1) is 18.1 Å². The number of hydrogen-bond donors (Lipinski definition) is 1. The van der Waals surface area contributed by atoms with Crippen molar-refractivity contribution >= 4 is 11.8 Å². The van der Waals surface area contributed by atoms with Crippen molar-refractivity contribution in [2.75, 3.05) is 31.1 Å². The highest BCUT2D eigenvalue weighted by molar-refractivity contribution is 5.65. The zero-order valence-electron chi connectivity index (χ0n) is 17.0. The summed E-state index contributed by atoms with van der Waals surface area (Å²) in [6.45, 7) is 3.10. The fourth-order valence-corrected chi connectivity index (χ4v) is 4.32. The van der Waals surface area contributed by atoms with E-state index in [9.17, 15) is 15.2 Å². The van der Waals surface area contributed by atoms with Crippen LogP contribution in [0.1, 0.15) is 30.4 Å². The highest BCUT2D eigenvalue weighted by Gasteiger charge is 2.34. The fraction of sp³-hybridized carbons (Fsp3) is 0.435. The molecule has 30 heavy (non-hydrogen) atoms. The molecule has 0 unspecified atom stereocenters. The fourth-order valence-electron chi connectivity index (χ4n) is 4.32. The van der Waals surface area contributed by atoms with Gasteiger partial charge < -0.3 is 19.6 Å². The molecule has 3 heterocycles. The molecule has 2 aromatic rings. The predicted octanol–water partition coefficient (Wildman–Crippen LogP) is 3.70. The van der Waals surface area contributed by atoms with Gasteiger partial charge in [-0.2, -0.15) is 5.26 Å². The molecule has 1 aromatic heterocycles. The topological polar surface area (TPSA) is 89.7 Å². The van der Waals surface area contributed by atoms with Gasteiger partial charge in [-0.25, -0.2) is 4.79 Å². The third kappa shape index (κ3) is 4.33. The molecule has 0 bridgehead atoms. The average molecular weight is 406 g/mol. The second-order valence-electron chi connectivity index (χ2n) is 8.07. The van der Waals surface area contributed by atoms with Crippen LogP contribution in [0.15, 0.2) is 42.7 Å². The molecule has 1 amide bonds. The zero-order chi connectivity index (χ0) is 21.0. The number of hydrogen-bond acceptors (Lipinski definition) is 5. The highest BCUT2D eigenvalue weighted by atomic mass is 16.5. The van der Waals surface area contributed by atoms with Crippen molar-refractivity contribution in [3.8, 4) is 11.8 Å². The SMILES string of the molecule is N#CC1(CCOc2ccc3c(c2)CN(C(=O)O)CC3)CCN(c2ccncc2)CC1. The minimum Gasteiger partial charge on any atom is -0.494 e. The molecular weight excluding hydrogens is 380 g/mol. The van der Waals surface area contributed by atoms with Gasteiger partial charge in [0, 0.05) is 50.7 Å². The van der Waals surface area contributed by atoms with E-state index in [4.69, 9.17) is 4.74 Å². The number of nitrogens with zero attached hydrogens (tertiary/aromatic N) is 4. The number of benzene rings is 1. The van der Waals surface area contributed by atoms with Crippen LogP contribution >= 0.6 is 0 Å². The van der Waals surface area contributed by atoms with Crippen molar-refractivity contribution in [3.05, 3.63) is 53.9 Å². The Morgan fingerprint density at radius 1 is 1.17 bits per heavy atom. The van der Waals surface area contributed by atoms with Crippen LogP contribution in [0.5, 0.6) is 5.75 Å². The van der Waals surface area contributed by atoms with Crippen molar-refractivity contribution in [2.45, 2.75) is 32.2 Å². The monoisotopic (exact) mass is 406 g/mol. The summed E-state index contributed by atoms with van der Waals surface area (Å²) in [5.41, 5.74) is 2.97. The van der Waals surface area contributed by atoms with Crippen LogP contribution in [0.2, 0.25) is 0 Å². The van der Waals surface area contributed by atoms with Crippen LogP contribution in [0.3, 0.4) is 0 Å². The third-order valence-electron chi connectivity index (χ3n) is 6.30. The van der Waals surface area contributed by atoms with Gasteiger partial charge in [0.1, 0.15) is 5.75 Å². The summed E-state index contributed by atoms with van der Waals surface area (Å²) < 4.78 is 5.97. The van der Waals surface area contributed by atoms with Crippen molar-refractivity contribution in [1.29, 1.82) is 5.26 Å². The van der Waals surface area contributed by atoms with Gasteiger partial charge in [-0.3, -0.25) is 4.98 Å². The standard InChI is InChI=1S/C23H26N4O3/c24-17-23(6-12-26(13-7-23)20-3-9-25-10-4-20)8-14-30-21-2-1-18-5-11-27(22(28)29)16-19(18)15-21/h1-4,9-10,15H,5-8,11-14,16H2,(H,28,29). The molecule has 0 spiro atoms. The van der Waals surface area contributed by atoms with E-state index in [1.807, 2.05) is 30.3 Å². The van der Waals surface area contributed by atoms with E-state index in [0.717, 1.165) is 49.4 Å². The number of aromatic nitrogens is 1. The number of amides is 1. The molecule has 156 valence electrons. The first kappa shape index (κ1) is 20.0. The van der Waals surface area contributed by atoms with Gasteiger partial charge >= 0.3 is 6.09 Å². The van der Waals surface area contributed by atoms with Gasteiger partial charge in [-0.1, -0.05) is 6.07 Å². The average Bonchev–Trinajstić information content (AvgIpc) is 2.79. The Morgan fingerprint density at radius 3 is 2.63 bits per heavy atom. The summed E-state index contributed by atoms with van der Waals surface area (Å²) in [6, 6.07) is 12.5. The zero-order valence-corrected chi connectivity index (χ0v) is 17.0. The van der Waals surface area contributed by atoms with E-state index in [2.05, 4.69) is 16.0 Å². The minimum atomic E-state index is -0.888. The van der Waals surface area contributed by atoms with Gasteiger partial charge in [-0.05, 0) is 54.7 Å².